The molecular formula is C16H18ClF3OSi. The highest BCUT2D eigenvalue weighted by Gasteiger charge is 2.55. The monoisotopic (exact) mass is 346 g/mol. The van der Waals surface area contributed by atoms with E-state index in [1.54, 1.807) is 37.4 Å². The highest BCUT2D eigenvalue weighted by molar-refractivity contribution is 6.77. The van der Waals surface area contributed by atoms with Crippen LogP contribution in [0.3, 0.4) is 0 Å². The van der Waals surface area contributed by atoms with Gasteiger partial charge in [-0.05, 0) is 42.4 Å². The number of rotatable bonds is 4. The number of halogens is 4. The van der Waals surface area contributed by atoms with Gasteiger partial charge < -0.3 is 4.43 Å². The van der Waals surface area contributed by atoms with E-state index in [9.17, 15) is 13.2 Å². The number of fused-ring (bicyclic) bond motifs is 1. The highest BCUT2D eigenvalue weighted by atomic mass is 35.5. The van der Waals surface area contributed by atoms with Gasteiger partial charge >= 0.3 is 6.18 Å². The Labute approximate surface area is 134 Å². The first-order chi connectivity index (χ1) is 10.1. The van der Waals surface area contributed by atoms with Gasteiger partial charge in [0, 0.05) is 5.50 Å². The van der Waals surface area contributed by atoms with E-state index < -0.39 is 20.1 Å². The number of benzene rings is 2. The Kier molecular flexibility index (Phi) is 4.62. The van der Waals surface area contributed by atoms with Gasteiger partial charge in [0.15, 0.2) is 5.60 Å². The molecular weight excluding hydrogens is 329 g/mol. The van der Waals surface area contributed by atoms with Crippen molar-refractivity contribution in [3.8, 4) is 0 Å². The molecule has 1 atom stereocenters. The van der Waals surface area contributed by atoms with E-state index in [1.807, 2.05) is 12.1 Å². The van der Waals surface area contributed by atoms with E-state index in [0.29, 0.717) is 0 Å². The molecule has 2 rings (SSSR count). The molecule has 6 heteroatoms. The molecule has 0 unspecified atom stereocenters. The quantitative estimate of drug-likeness (QED) is 0.516. The van der Waals surface area contributed by atoms with Crippen molar-refractivity contribution in [2.75, 3.05) is 5.50 Å². The summed E-state index contributed by atoms with van der Waals surface area (Å²) in [6.07, 6.45) is -4.52. The minimum Gasteiger partial charge on any atom is -0.399 e. The van der Waals surface area contributed by atoms with Crippen molar-refractivity contribution in [1.82, 2.24) is 0 Å². The minimum atomic E-state index is -4.52. The zero-order valence-corrected chi connectivity index (χ0v) is 14.4. The lowest BCUT2D eigenvalue weighted by molar-refractivity contribution is -0.250. The fourth-order valence-corrected chi connectivity index (χ4v) is 3.90. The van der Waals surface area contributed by atoms with Crippen LogP contribution in [0.2, 0.25) is 13.1 Å². The zero-order chi connectivity index (χ0) is 16.6. The lowest BCUT2D eigenvalue weighted by Crippen LogP contribution is -2.50. The van der Waals surface area contributed by atoms with Gasteiger partial charge in [-0.2, -0.15) is 13.2 Å². The molecule has 1 nitrogen and oxygen atoms in total. The normalized spacial score (nSPS) is 15.8. The summed E-state index contributed by atoms with van der Waals surface area (Å²) >= 11 is 5.80. The summed E-state index contributed by atoms with van der Waals surface area (Å²) in [7, 11) is -2.63. The molecule has 0 aliphatic carbocycles. The summed E-state index contributed by atoms with van der Waals surface area (Å²) in [5, 5.41) is 1.65. The highest BCUT2D eigenvalue weighted by Crippen LogP contribution is 2.44. The molecule has 0 fully saturated rings. The third kappa shape index (κ3) is 3.31. The molecule has 0 radical (unpaired) electrons. The standard InChI is InChI=1S/C16H18ClF3OSi/c1-15(16(18,19)20,21-22(2,3)11-17)14-9-8-12-6-4-5-7-13(12)10-14/h4-10H,11H2,1-3H3/t15-/m1/s1. The van der Waals surface area contributed by atoms with E-state index in [4.69, 9.17) is 16.0 Å². The van der Waals surface area contributed by atoms with E-state index in [1.165, 1.54) is 6.07 Å². The van der Waals surface area contributed by atoms with Gasteiger partial charge in [-0.3, -0.25) is 0 Å². The molecule has 0 amide bonds. The van der Waals surface area contributed by atoms with Crippen LogP contribution in [-0.2, 0) is 10.0 Å². The smallest absolute Gasteiger partial charge is 0.399 e. The van der Waals surface area contributed by atoms with Gasteiger partial charge in [0.05, 0.1) is 0 Å². The van der Waals surface area contributed by atoms with Crippen LogP contribution < -0.4 is 0 Å². The average molecular weight is 347 g/mol. The molecule has 22 heavy (non-hydrogen) atoms. The number of hydrogen-bond acceptors (Lipinski definition) is 1. The number of hydrogen-bond donors (Lipinski definition) is 0. The van der Waals surface area contributed by atoms with Crippen LogP contribution in [0.5, 0.6) is 0 Å². The van der Waals surface area contributed by atoms with Gasteiger partial charge in [-0.15, -0.1) is 11.6 Å². The van der Waals surface area contributed by atoms with Gasteiger partial charge in [0.2, 0.25) is 8.32 Å². The van der Waals surface area contributed by atoms with E-state index in [2.05, 4.69) is 0 Å². The predicted molar refractivity (Wildman–Crippen MR) is 86.6 cm³/mol. The van der Waals surface area contributed by atoms with Crippen LogP contribution >= 0.6 is 11.6 Å². The lowest BCUT2D eigenvalue weighted by Gasteiger charge is -2.38. The summed E-state index contributed by atoms with van der Waals surface area (Å²) in [4.78, 5) is 0. The lowest BCUT2D eigenvalue weighted by atomic mass is 9.93. The Morgan fingerprint density at radius 1 is 1.05 bits per heavy atom. The second kappa shape index (κ2) is 5.87. The molecule has 0 saturated carbocycles. The summed E-state index contributed by atoms with van der Waals surface area (Å²) in [6.45, 7) is 4.45. The minimum absolute atomic E-state index is 0.101. The molecule has 0 aliphatic rings. The van der Waals surface area contributed by atoms with Crippen molar-refractivity contribution < 1.29 is 17.6 Å². The topological polar surface area (TPSA) is 9.23 Å². The Morgan fingerprint density at radius 3 is 2.18 bits per heavy atom. The van der Waals surface area contributed by atoms with E-state index in [0.717, 1.165) is 17.7 Å². The summed E-state index contributed by atoms with van der Waals surface area (Å²) in [6, 6.07) is 12.0. The average Bonchev–Trinajstić information content (AvgIpc) is 2.45. The van der Waals surface area contributed by atoms with Gasteiger partial charge in [-0.1, -0.05) is 36.4 Å². The Hall–Kier alpha value is -1.04. The second-order valence-electron chi connectivity index (χ2n) is 6.09. The molecule has 2 aromatic carbocycles. The molecule has 120 valence electrons. The SMILES string of the molecule is C[C@@](O[Si](C)(C)CCl)(c1ccc2ccccc2c1)C(F)(F)F. The van der Waals surface area contributed by atoms with Crippen LogP contribution in [-0.4, -0.2) is 20.0 Å². The molecule has 0 aromatic heterocycles. The predicted octanol–water partition coefficient (Wildman–Crippen LogP) is 5.62. The van der Waals surface area contributed by atoms with Crippen LogP contribution in [0, 0.1) is 0 Å². The molecule has 0 bridgehead atoms. The molecule has 0 saturated heterocycles. The Bertz CT molecular complexity index is 672. The molecule has 0 N–H and O–H groups in total. The van der Waals surface area contributed by atoms with Crippen LogP contribution in [0.4, 0.5) is 13.2 Å². The van der Waals surface area contributed by atoms with Gasteiger partial charge in [0.25, 0.3) is 0 Å². The van der Waals surface area contributed by atoms with Crippen molar-refractivity contribution in [2.45, 2.75) is 31.8 Å². The van der Waals surface area contributed by atoms with E-state index in [-0.39, 0.29) is 11.1 Å². The fourth-order valence-electron chi connectivity index (χ4n) is 2.35. The third-order valence-electron chi connectivity index (χ3n) is 3.64. The van der Waals surface area contributed by atoms with Crippen molar-refractivity contribution in [3.05, 3.63) is 48.0 Å². The number of alkyl halides is 4. The van der Waals surface area contributed by atoms with Crippen molar-refractivity contribution in [3.63, 3.8) is 0 Å². The molecule has 0 heterocycles. The van der Waals surface area contributed by atoms with Crippen LogP contribution in [0.25, 0.3) is 10.8 Å². The maximum Gasteiger partial charge on any atom is 0.420 e. The maximum atomic E-state index is 13.7. The fraction of sp³-hybridized carbons (Fsp3) is 0.375. The van der Waals surface area contributed by atoms with Crippen molar-refractivity contribution in [1.29, 1.82) is 0 Å². The third-order valence-corrected chi connectivity index (χ3v) is 7.18. The largest absolute Gasteiger partial charge is 0.420 e. The first kappa shape index (κ1) is 17.3. The Balaban J connectivity index is 2.56. The van der Waals surface area contributed by atoms with Crippen molar-refractivity contribution in [2.24, 2.45) is 0 Å². The van der Waals surface area contributed by atoms with Gasteiger partial charge in [0.1, 0.15) is 0 Å². The molecule has 2 aromatic rings. The first-order valence-electron chi connectivity index (χ1n) is 6.91. The van der Waals surface area contributed by atoms with Crippen LogP contribution in [0.1, 0.15) is 12.5 Å². The van der Waals surface area contributed by atoms with Gasteiger partial charge in [-0.25, -0.2) is 0 Å². The summed E-state index contributed by atoms with van der Waals surface area (Å²) in [5.41, 5.74) is -2.15. The Morgan fingerprint density at radius 2 is 1.64 bits per heavy atom. The maximum absolute atomic E-state index is 13.7. The second-order valence-corrected chi connectivity index (χ2v) is 10.9. The molecule has 0 aliphatic heterocycles. The van der Waals surface area contributed by atoms with E-state index >= 15 is 0 Å². The van der Waals surface area contributed by atoms with Crippen LogP contribution in [0.15, 0.2) is 42.5 Å². The first-order valence-corrected chi connectivity index (χ1v) is 10.6. The molecule has 0 spiro atoms. The summed E-state index contributed by atoms with van der Waals surface area (Å²) in [5.74, 6) is 0. The summed E-state index contributed by atoms with van der Waals surface area (Å²) < 4.78 is 46.7. The van der Waals surface area contributed by atoms with Crippen molar-refractivity contribution >= 4 is 30.7 Å². The zero-order valence-electron chi connectivity index (χ0n) is 12.7.